The molecule has 3 aromatic carbocycles. The number of carbonyl (C=O) groups excluding carboxylic acids is 2. The van der Waals surface area contributed by atoms with Crippen molar-refractivity contribution in [3.63, 3.8) is 0 Å². The van der Waals surface area contributed by atoms with Crippen LogP contribution in [0.2, 0.25) is 0 Å². The van der Waals surface area contributed by atoms with Crippen molar-refractivity contribution in [3.05, 3.63) is 89.9 Å². The molecule has 7 heteroatoms. The van der Waals surface area contributed by atoms with Crippen LogP contribution in [0.5, 0.6) is 0 Å². The first-order valence-corrected chi connectivity index (χ1v) is 11.2. The first-order valence-electron chi connectivity index (χ1n) is 10.3. The number of anilines is 3. The highest BCUT2D eigenvalue weighted by Crippen LogP contribution is 2.31. The van der Waals surface area contributed by atoms with E-state index in [4.69, 9.17) is 4.42 Å². The average Bonchev–Trinajstić information content (AvgIpc) is 3.43. The van der Waals surface area contributed by atoms with Crippen molar-refractivity contribution in [1.29, 1.82) is 0 Å². The van der Waals surface area contributed by atoms with Gasteiger partial charge in [-0.1, -0.05) is 36.4 Å². The Balaban J connectivity index is 1.32. The number of hydrogen-bond donors (Lipinski definition) is 1. The molecule has 0 bridgehead atoms. The molecule has 0 atom stereocenters. The first-order chi connectivity index (χ1) is 16.1. The maximum absolute atomic E-state index is 12.5. The number of para-hydroxylation sites is 2. The highest BCUT2D eigenvalue weighted by atomic mass is 32.1. The van der Waals surface area contributed by atoms with E-state index in [0.717, 1.165) is 27.6 Å². The summed E-state index contributed by atoms with van der Waals surface area (Å²) in [5, 5.41) is 7.18. The largest absolute Gasteiger partial charge is 0.456 e. The molecule has 2 aromatic heterocycles. The number of furan rings is 1. The van der Waals surface area contributed by atoms with Crippen LogP contribution in [0.1, 0.15) is 12.6 Å². The van der Waals surface area contributed by atoms with E-state index in [0.29, 0.717) is 16.5 Å². The van der Waals surface area contributed by atoms with Gasteiger partial charge < -0.3 is 9.73 Å². The van der Waals surface area contributed by atoms with Crippen LogP contribution < -0.4 is 10.2 Å². The van der Waals surface area contributed by atoms with Gasteiger partial charge in [0.1, 0.15) is 11.2 Å². The lowest BCUT2D eigenvalue weighted by atomic mass is 10.1. The standard InChI is InChI=1S/C26H19N3O3S/c1-17(30)29(20-7-3-2-4-8-20)26-28-19(16-33-26)12-14-25(31)27-18-11-13-24-22(15-18)21-9-5-6-10-23(21)32-24/h2-16H,1H3,(H,27,31)/b14-12+. The molecule has 2 amide bonds. The lowest BCUT2D eigenvalue weighted by Gasteiger charge is -2.17. The van der Waals surface area contributed by atoms with Crippen molar-refractivity contribution < 1.29 is 14.0 Å². The van der Waals surface area contributed by atoms with Gasteiger partial charge in [-0.25, -0.2) is 4.98 Å². The number of thiazole rings is 1. The summed E-state index contributed by atoms with van der Waals surface area (Å²) in [6.07, 6.45) is 3.06. The maximum atomic E-state index is 12.5. The van der Waals surface area contributed by atoms with Gasteiger partial charge in [0.2, 0.25) is 11.8 Å². The van der Waals surface area contributed by atoms with Crippen LogP contribution >= 0.6 is 11.3 Å². The van der Waals surface area contributed by atoms with Crippen molar-refractivity contribution in [2.24, 2.45) is 0 Å². The number of rotatable bonds is 5. The van der Waals surface area contributed by atoms with Crippen LogP contribution in [-0.4, -0.2) is 16.8 Å². The van der Waals surface area contributed by atoms with Crippen LogP contribution in [0.15, 0.2) is 88.7 Å². The second-order valence-electron chi connectivity index (χ2n) is 7.38. The summed E-state index contributed by atoms with van der Waals surface area (Å²) < 4.78 is 5.83. The van der Waals surface area contributed by atoms with Gasteiger partial charge in [0.05, 0.1) is 11.4 Å². The van der Waals surface area contributed by atoms with Crippen molar-refractivity contribution in [2.75, 3.05) is 10.2 Å². The summed E-state index contributed by atoms with van der Waals surface area (Å²) in [4.78, 5) is 30.7. The van der Waals surface area contributed by atoms with Crippen LogP contribution in [0.4, 0.5) is 16.5 Å². The fourth-order valence-corrected chi connectivity index (χ4v) is 4.46. The van der Waals surface area contributed by atoms with E-state index in [1.54, 1.807) is 11.0 Å². The average molecular weight is 454 g/mol. The van der Waals surface area contributed by atoms with Gasteiger partial charge in [-0.3, -0.25) is 14.5 Å². The molecular weight excluding hydrogens is 434 g/mol. The maximum Gasteiger partial charge on any atom is 0.248 e. The summed E-state index contributed by atoms with van der Waals surface area (Å²) in [5.74, 6) is -0.408. The molecule has 0 saturated heterocycles. The molecule has 1 N–H and O–H groups in total. The predicted molar refractivity (Wildman–Crippen MR) is 133 cm³/mol. The SMILES string of the molecule is CC(=O)N(c1ccccc1)c1nc(/C=C/C(=O)Nc2ccc3oc4ccccc4c3c2)cs1. The molecule has 6 nitrogen and oxygen atoms in total. The van der Waals surface area contributed by atoms with E-state index in [1.165, 1.54) is 24.3 Å². The number of carbonyl (C=O) groups is 2. The summed E-state index contributed by atoms with van der Waals surface area (Å²) in [7, 11) is 0. The topological polar surface area (TPSA) is 75.4 Å². The highest BCUT2D eigenvalue weighted by Gasteiger charge is 2.17. The van der Waals surface area contributed by atoms with Gasteiger partial charge in [-0.05, 0) is 42.5 Å². The van der Waals surface area contributed by atoms with E-state index < -0.39 is 0 Å². The van der Waals surface area contributed by atoms with Gasteiger partial charge in [0, 0.05) is 34.8 Å². The zero-order valence-corrected chi connectivity index (χ0v) is 18.5. The minimum Gasteiger partial charge on any atom is -0.456 e. The smallest absolute Gasteiger partial charge is 0.248 e. The summed E-state index contributed by atoms with van der Waals surface area (Å²) in [6, 6.07) is 22.7. The second-order valence-corrected chi connectivity index (χ2v) is 8.21. The lowest BCUT2D eigenvalue weighted by molar-refractivity contribution is -0.116. The normalized spacial score (nSPS) is 11.3. The van der Waals surface area contributed by atoms with E-state index in [-0.39, 0.29) is 11.8 Å². The molecule has 0 aliphatic heterocycles. The van der Waals surface area contributed by atoms with Gasteiger partial charge in [-0.2, -0.15) is 0 Å². The fraction of sp³-hybridized carbons (Fsp3) is 0.0385. The number of nitrogens with zero attached hydrogens (tertiary/aromatic N) is 2. The molecule has 0 unspecified atom stereocenters. The fourth-order valence-electron chi connectivity index (χ4n) is 3.61. The van der Waals surface area contributed by atoms with Crippen LogP contribution in [-0.2, 0) is 9.59 Å². The zero-order chi connectivity index (χ0) is 22.8. The Morgan fingerprint density at radius 3 is 2.55 bits per heavy atom. The van der Waals surface area contributed by atoms with E-state index in [2.05, 4.69) is 10.3 Å². The third-order valence-corrected chi connectivity index (χ3v) is 5.92. The number of nitrogens with one attached hydrogen (secondary N) is 1. The molecule has 0 fully saturated rings. The Morgan fingerprint density at radius 2 is 1.73 bits per heavy atom. The Kier molecular flexibility index (Phi) is 5.46. The van der Waals surface area contributed by atoms with E-state index >= 15 is 0 Å². The molecular formula is C26H19N3O3S. The Labute approximate surface area is 193 Å². The molecule has 0 spiro atoms. The molecule has 5 aromatic rings. The van der Waals surface area contributed by atoms with Crippen molar-refractivity contribution in [2.45, 2.75) is 6.92 Å². The number of benzene rings is 3. The summed E-state index contributed by atoms with van der Waals surface area (Å²) in [6.45, 7) is 1.50. The van der Waals surface area contributed by atoms with Crippen LogP contribution in [0, 0.1) is 0 Å². The second kappa shape index (κ2) is 8.72. The quantitative estimate of drug-likeness (QED) is 0.313. The number of amides is 2. The molecule has 0 saturated carbocycles. The number of hydrogen-bond acceptors (Lipinski definition) is 5. The van der Waals surface area contributed by atoms with E-state index in [9.17, 15) is 9.59 Å². The van der Waals surface area contributed by atoms with Crippen LogP contribution in [0.3, 0.4) is 0 Å². The van der Waals surface area contributed by atoms with Gasteiger partial charge in [0.25, 0.3) is 0 Å². The van der Waals surface area contributed by atoms with Gasteiger partial charge >= 0.3 is 0 Å². The highest BCUT2D eigenvalue weighted by molar-refractivity contribution is 7.14. The number of aromatic nitrogens is 1. The monoisotopic (exact) mass is 453 g/mol. The third-order valence-electron chi connectivity index (χ3n) is 5.08. The van der Waals surface area contributed by atoms with Crippen LogP contribution in [0.25, 0.3) is 28.0 Å². The summed E-state index contributed by atoms with van der Waals surface area (Å²) >= 11 is 1.34. The molecule has 0 radical (unpaired) electrons. The first kappa shape index (κ1) is 20.7. The minimum atomic E-state index is -0.275. The van der Waals surface area contributed by atoms with Gasteiger partial charge in [-0.15, -0.1) is 11.3 Å². The minimum absolute atomic E-state index is 0.133. The Bertz CT molecular complexity index is 1500. The summed E-state index contributed by atoms with van der Waals surface area (Å²) in [5.41, 5.74) is 3.60. The molecule has 0 aliphatic rings. The van der Waals surface area contributed by atoms with Crippen molar-refractivity contribution >= 4 is 67.7 Å². The molecule has 33 heavy (non-hydrogen) atoms. The Morgan fingerprint density at radius 1 is 0.970 bits per heavy atom. The molecule has 2 heterocycles. The molecule has 5 rings (SSSR count). The predicted octanol–water partition coefficient (Wildman–Crippen LogP) is 6.38. The van der Waals surface area contributed by atoms with Crippen molar-refractivity contribution in [3.8, 4) is 0 Å². The zero-order valence-electron chi connectivity index (χ0n) is 17.7. The lowest BCUT2D eigenvalue weighted by Crippen LogP contribution is -2.22. The van der Waals surface area contributed by atoms with Gasteiger partial charge in [0.15, 0.2) is 5.13 Å². The molecule has 0 aliphatic carbocycles. The third kappa shape index (κ3) is 4.26. The number of fused-ring (bicyclic) bond motifs is 3. The molecule has 162 valence electrons. The Hall–Kier alpha value is -4.23. The van der Waals surface area contributed by atoms with E-state index in [1.807, 2.05) is 78.2 Å². The van der Waals surface area contributed by atoms with Crippen molar-refractivity contribution in [1.82, 2.24) is 4.98 Å².